The second kappa shape index (κ2) is 9.24. The standard InChI is InChI=1S/C34H24N3P2/c1-2-10-24(11-3-1)37-28-15-5-7-17-31(28)39-30-16-6-4-14-27(30)33-32(19-18-29(37)34(33)39)38(25-12-8-20-35-22-25)26-13-9-21-36-23-26/h1-23,27H/q+1. The topological polar surface area (TPSA) is 29.0 Å². The molecule has 39 heavy (non-hydrogen) atoms. The van der Waals surface area contributed by atoms with Gasteiger partial charge in [-0.1, -0.05) is 66.8 Å². The molecule has 2 aromatic heterocycles. The highest BCUT2D eigenvalue weighted by Gasteiger charge is 2.49. The van der Waals surface area contributed by atoms with Gasteiger partial charge in [-0.2, -0.15) is 0 Å². The van der Waals surface area contributed by atoms with E-state index >= 15 is 0 Å². The van der Waals surface area contributed by atoms with E-state index in [1.165, 1.54) is 54.4 Å². The number of fused-ring (bicyclic) bond motifs is 4. The van der Waals surface area contributed by atoms with Crippen LogP contribution in [0, 0.1) is 0 Å². The fraction of sp³-hybridized carbons (Fsp3) is 0.0294. The Morgan fingerprint density at radius 2 is 1.44 bits per heavy atom. The van der Waals surface area contributed by atoms with Gasteiger partial charge in [0.2, 0.25) is 0 Å². The Morgan fingerprint density at radius 3 is 2.18 bits per heavy atom. The van der Waals surface area contributed by atoms with Gasteiger partial charge < -0.3 is 4.90 Å². The monoisotopic (exact) mass is 536 g/mol. The van der Waals surface area contributed by atoms with Crippen molar-refractivity contribution < 1.29 is 0 Å². The molecule has 0 saturated carbocycles. The molecule has 2 aliphatic heterocycles. The van der Waals surface area contributed by atoms with Gasteiger partial charge in [0, 0.05) is 46.6 Å². The number of anilines is 3. The normalized spacial score (nSPS) is 17.3. The van der Waals surface area contributed by atoms with Gasteiger partial charge in [0.1, 0.15) is 5.29 Å². The summed E-state index contributed by atoms with van der Waals surface area (Å²) in [4.78, 5) is 11.5. The van der Waals surface area contributed by atoms with Crippen molar-refractivity contribution in [1.82, 2.24) is 9.97 Å². The van der Waals surface area contributed by atoms with Gasteiger partial charge in [0.05, 0.1) is 17.3 Å². The summed E-state index contributed by atoms with van der Waals surface area (Å²) in [7, 11) is -1.48. The van der Waals surface area contributed by atoms with E-state index in [9.17, 15) is 0 Å². The summed E-state index contributed by atoms with van der Waals surface area (Å²) < 4.78 is 0. The number of aromatic nitrogens is 2. The molecule has 3 nitrogen and oxygen atoms in total. The SMILES string of the molecule is C1=CC2=[P+]3c4ccccc4N(c4ccccc4)c4ccc(P(c5cccnc5)c5cccnc5)c(c43)C2C=C1. The van der Waals surface area contributed by atoms with Crippen LogP contribution < -0.4 is 31.4 Å². The zero-order valence-corrected chi connectivity index (χ0v) is 22.9. The fourth-order valence-electron chi connectivity index (χ4n) is 6.11. The predicted octanol–water partition coefficient (Wildman–Crippen LogP) is 5.85. The molecular formula is C34H24N3P2+. The molecule has 0 bridgehead atoms. The summed E-state index contributed by atoms with van der Waals surface area (Å²) in [6.45, 7) is 0. The summed E-state index contributed by atoms with van der Waals surface area (Å²) in [6, 6.07) is 33.1. The van der Waals surface area contributed by atoms with Crippen LogP contribution in [0.4, 0.5) is 17.1 Å². The number of hydrogen-bond donors (Lipinski definition) is 0. The maximum absolute atomic E-state index is 4.53. The second-order valence-corrected chi connectivity index (χ2v) is 14.1. The van der Waals surface area contributed by atoms with Gasteiger partial charge in [-0.3, -0.25) is 9.97 Å². The van der Waals surface area contributed by atoms with Crippen LogP contribution in [0.1, 0.15) is 11.5 Å². The van der Waals surface area contributed by atoms with Crippen molar-refractivity contribution in [2.45, 2.75) is 5.92 Å². The molecule has 4 heterocycles. The smallest absolute Gasteiger partial charge is 0.183 e. The van der Waals surface area contributed by atoms with Crippen LogP contribution in [0.5, 0.6) is 0 Å². The first-order valence-electron chi connectivity index (χ1n) is 13.1. The number of nitrogens with zero attached hydrogens (tertiary/aromatic N) is 3. The molecule has 2 atom stereocenters. The third-order valence-electron chi connectivity index (χ3n) is 7.63. The molecule has 0 fully saturated rings. The van der Waals surface area contributed by atoms with Crippen molar-refractivity contribution in [3.63, 3.8) is 0 Å². The van der Waals surface area contributed by atoms with Crippen LogP contribution in [0.2, 0.25) is 0 Å². The number of rotatable bonds is 4. The summed E-state index contributed by atoms with van der Waals surface area (Å²) in [5.74, 6) is 0.271. The van der Waals surface area contributed by atoms with E-state index in [2.05, 4.69) is 130 Å². The lowest BCUT2D eigenvalue weighted by Crippen LogP contribution is -2.33. The van der Waals surface area contributed by atoms with Crippen molar-refractivity contribution in [1.29, 1.82) is 0 Å². The zero-order chi connectivity index (χ0) is 25.8. The molecule has 0 amide bonds. The second-order valence-electron chi connectivity index (χ2n) is 9.77. The van der Waals surface area contributed by atoms with E-state index in [-0.39, 0.29) is 5.92 Å². The Kier molecular flexibility index (Phi) is 5.40. The molecule has 2 unspecified atom stereocenters. The van der Waals surface area contributed by atoms with E-state index in [0.29, 0.717) is 0 Å². The minimum absolute atomic E-state index is 0.271. The lowest BCUT2D eigenvalue weighted by molar-refractivity contribution is 1.19. The molecule has 3 aliphatic rings. The van der Waals surface area contributed by atoms with Crippen molar-refractivity contribution in [3.05, 3.63) is 146 Å². The molecule has 5 aromatic rings. The molecule has 0 spiro atoms. The van der Waals surface area contributed by atoms with Crippen LogP contribution in [0.15, 0.2) is 140 Å². The summed E-state index contributed by atoms with van der Waals surface area (Å²) in [6.07, 6.45) is 17.0. The first-order chi connectivity index (χ1) is 19.4. The fourth-order valence-corrected chi connectivity index (χ4v) is 11.6. The third-order valence-corrected chi connectivity index (χ3v) is 12.8. The van der Waals surface area contributed by atoms with E-state index < -0.39 is 15.5 Å². The van der Waals surface area contributed by atoms with Gasteiger partial charge in [-0.05, 0) is 61.8 Å². The average Bonchev–Trinajstić information content (AvgIpc) is 3.36. The van der Waals surface area contributed by atoms with Crippen LogP contribution in [0.25, 0.3) is 0 Å². The molecular weight excluding hydrogens is 512 g/mol. The molecule has 0 radical (unpaired) electrons. The maximum atomic E-state index is 4.53. The number of benzene rings is 3. The van der Waals surface area contributed by atoms with Crippen molar-refractivity contribution in [2.75, 3.05) is 4.90 Å². The highest BCUT2D eigenvalue weighted by molar-refractivity contribution is 7.80. The van der Waals surface area contributed by atoms with E-state index in [0.717, 1.165) is 0 Å². The minimum atomic E-state index is -0.834. The van der Waals surface area contributed by atoms with Crippen LogP contribution >= 0.6 is 15.5 Å². The van der Waals surface area contributed by atoms with E-state index in [1.54, 1.807) is 0 Å². The number of para-hydroxylation sites is 2. The Bertz CT molecular complexity index is 1770. The zero-order valence-electron chi connectivity index (χ0n) is 21.1. The van der Waals surface area contributed by atoms with Crippen LogP contribution in [-0.4, -0.2) is 15.3 Å². The molecule has 184 valence electrons. The van der Waals surface area contributed by atoms with E-state index in [1.807, 2.05) is 24.8 Å². The largest absolute Gasteiger partial charge is 0.302 e. The highest BCUT2D eigenvalue weighted by atomic mass is 31.1. The van der Waals surface area contributed by atoms with E-state index in [4.69, 9.17) is 0 Å². The molecule has 5 heteroatoms. The van der Waals surface area contributed by atoms with Crippen molar-refractivity contribution in [3.8, 4) is 0 Å². The summed E-state index contributed by atoms with van der Waals surface area (Å²) in [5.41, 5.74) is 5.27. The number of hydrogen-bond acceptors (Lipinski definition) is 3. The molecule has 0 N–H and O–H groups in total. The number of pyridine rings is 2. The van der Waals surface area contributed by atoms with Gasteiger partial charge in [0.25, 0.3) is 0 Å². The van der Waals surface area contributed by atoms with Crippen molar-refractivity contribution >= 4 is 64.3 Å². The Balaban J connectivity index is 1.46. The first kappa shape index (κ1) is 22.8. The summed E-state index contributed by atoms with van der Waals surface area (Å²) in [5, 5.41) is 8.38. The number of allylic oxidation sites excluding steroid dienone is 4. The van der Waals surface area contributed by atoms with Gasteiger partial charge in [-0.25, -0.2) is 0 Å². The van der Waals surface area contributed by atoms with Gasteiger partial charge in [0.15, 0.2) is 18.2 Å². The van der Waals surface area contributed by atoms with Gasteiger partial charge in [-0.15, -0.1) is 0 Å². The van der Waals surface area contributed by atoms with Gasteiger partial charge >= 0.3 is 0 Å². The molecule has 1 aliphatic carbocycles. The Hall–Kier alpha value is -4.16. The quantitative estimate of drug-likeness (QED) is 0.265. The van der Waals surface area contributed by atoms with Crippen molar-refractivity contribution in [2.24, 2.45) is 0 Å². The maximum Gasteiger partial charge on any atom is 0.183 e. The molecule has 3 aromatic carbocycles. The minimum Gasteiger partial charge on any atom is -0.302 e. The lowest BCUT2D eigenvalue weighted by Gasteiger charge is -2.31. The Morgan fingerprint density at radius 1 is 0.692 bits per heavy atom. The third kappa shape index (κ3) is 3.51. The predicted molar refractivity (Wildman–Crippen MR) is 168 cm³/mol. The molecule has 8 rings (SSSR count). The van der Waals surface area contributed by atoms with Crippen LogP contribution in [-0.2, 0) is 0 Å². The Labute approximate surface area is 230 Å². The highest BCUT2D eigenvalue weighted by Crippen LogP contribution is 2.53. The average molecular weight is 537 g/mol. The lowest BCUT2D eigenvalue weighted by atomic mass is 9.92. The van der Waals surface area contributed by atoms with Crippen LogP contribution in [0.3, 0.4) is 0 Å². The summed E-state index contributed by atoms with van der Waals surface area (Å²) >= 11 is 0. The molecule has 0 saturated heterocycles. The first-order valence-corrected chi connectivity index (χ1v) is 15.8.